The Morgan fingerprint density at radius 3 is 2.48 bits per heavy atom. The van der Waals surface area contributed by atoms with Gasteiger partial charge in [-0.25, -0.2) is 13.1 Å². The van der Waals surface area contributed by atoms with Crippen LogP contribution in [0.2, 0.25) is 5.02 Å². The van der Waals surface area contributed by atoms with Crippen LogP contribution in [0.4, 0.5) is 28.4 Å². The second kappa shape index (κ2) is 19.9. The highest BCUT2D eigenvalue weighted by atomic mass is 35.5. The Morgan fingerprint density at radius 2 is 1.71 bits per heavy atom. The average molecular weight is 979 g/mol. The SMILES string of the molecule is CN1CCC2(CCC(c3ccc(Cl)cc3)=C(CN3CCN(c4ccc(C(=O)NS(=O)(=O)c5ccc(NCC6CCOCC6)c([N+](=O)[O-])c5)c(N5CCCOc6nc7[nH]ccc7cc65)c4)CC3)C2)CC1. The van der Waals surface area contributed by atoms with Crippen molar-refractivity contribution in [2.75, 3.05) is 101 Å². The molecule has 0 radical (unpaired) electrons. The summed E-state index contributed by atoms with van der Waals surface area (Å²) in [5.74, 6) is -0.196. The number of nitro groups is 1. The molecule has 3 N–H and O–H groups in total. The van der Waals surface area contributed by atoms with Gasteiger partial charge in [0.25, 0.3) is 21.6 Å². The lowest BCUT2D eigenvalue weighted by Gasteiger charge is -2.46. The van der Waals surface area contributed by atoms with Gasteiger partial charge in [0, 0.05) is 87.4 Å². The van der Waals surface area contributed by atoms with Crippen LogP contribution >= 0.6 is 11.6 Å². The van der Waals surface area contributed by atoms with Gasteiger partial charge < -0.3 is 34.5 Å². The number of pyridine rings is 1. The van der Waals surface area contributed by atoms with E-state index in [1.807, 2.05) is 41.3 Å². The molecule has 2 aromatic heterocycles. The Bertz CT molecular complexity index is 2850. The number of aromatic nitrogens is 2. The predicted octanol–water partition coefficient (Wildman–Crippen LogP) is 8.47. The number of hydrogen-bond donors (Lipinski definition) is 3. The molecule has 3 aromatic carbocycles. The minimum atomic E-state index is -4.57. The summed E-state index contributed by atoms with van der Waals surface area (Å²) in [6.45, 7) is 8.98. The van der Waals surface area contributed by atoms with Gasteiger partial charge in [-0.2, -0.15) is 4.98 Å². The first-order valence-electron chi connectivity index (χ1n) is 24.2. The number of halogens is 1. The van der Waals surface area contributed by atoms with Crippen molar-refractivity contribution < 1.29 is 27.6 Å². The number of carbonyl (C=O) groups is 1. The summed E-state index contributed by atoms with van der Waals surface area (Å²) in [5.41, 5.74) is 7.23. The lowest BCUT2D eigenvalue weighted by molar-refractivity contribution is -0.384. The smallest absolute Gasteiger partial charge is 0.293 e. The number of amides is 1. The molecular weight excluding hydrogens is 918 g/mol. The van der Waals surface area contributed by atoms with Gasteiger partial charge in [0.1, 0.15) is 17.0 Å². The van der Waals surface area contributed by atoms with Crippen LogP contribution in [0, 0.1) is 21.4 Å². The molecule has 0 saturated carbocycles. The number of allylic oxidation sites excluding steroid dienone is 1. The maximum Gasteiger partial charge on any atom is 0.293 e. The first kappa shape index (κ1) is 47.0. The van der Waals surface area contributed by atoms with Crippen LogP contribution < -0.4 is 24.6 Å². The van der Waals surface area contributed by atoms with Crippen molar-refractivity contribution in [1.29, 1.82) is 0 Å². The lowest BCUT2D eigenvalue weighted by atomic mass is 9.65. The number of H-pyrrole nitrogens is 1. The van der Waals surface area contributed by atoms with Gasteiger partial charge in [0.05, 0.1) is 27.7 Å². The summed E-state index contributed by atoms with van der Waals surface area (Å²) in [7, 11) is -2.34. The largest absolute Gasteiger partial charge is 0.476 e. The summed E-state index contributed by atoms with van der Waals surface area (Å²) in [4.78, 5) is 43.0. The van der Waals surface area contributed by atoms with E-state index in [1.165, 1.54) is 48.1 Å². The van der Waals surface area contributed by atoms with Crippen LogP contribution in [-0.2, 0) is 14.8 Å². The van der Waals surface area contributed by atoms with Gasteiger partial charge >= 0.3 is 0 Å². The molecule has 3 saturated heterocycles. The number of nitrogens with one attached hydrogen (secondary N) is 3. The highest BCUT2D eigenvalue weighted by Crippen LogP contribution is 2.49. The number of rotatable bonds is 12. The first-order chi connectivity index (χ1) is 33.4. The number of sulfonamides is 1. The van der Waals surface area contributed by atoms with Crippen molar-refractivity contribution >= 4 is 72.6 Å². The number of carbonyl (C=O) groups excluding carboxylic acids is 1. The summed E-state index contributed by atoms with van der Waals surface area (Å²) >= 11 is 6.34. The Kier molecular flexibility index (Phi) is 13.6. The zero-order chi connectivity index (χ0) is 47.7. The molecule has 5 aliphatic rings. The fraction of sp³-hybridized carbons (Fsp3) is 0.451. The number of piperidine rings is 1. The average Bonchev–Trinajstić information content (AvgIpc) is 3.72. The van der Waals surface area contributed by atoms with Gasteiger partial charge in [0.15, 0.2) is 0 Å². The third-order valence-corrected chi connectivity index (χ3v) is 16.6. The van der Waals surface area contributed by atoms with E-state index in [4.69, 9.17) is 26.1 Å². The summed E-state index contributed by atoms with van der Waals surface area (Å²) < 4.78 is 41.9. The van der Waals surface area contributed by atoms with E-state index >= 15 is 0 Å². The van der Waals surface area contributed by atoms with Crippen LogP contribution in [-0.4, -0.2) is 125 Å². The van der Waals surface area contributed by atoms with Crippen molar-refractivity contribution in [3.63, 3.8) is 0 Å². The van der Waals surface area contributed by atoms with E-state index in [0.29, 0.717) is 67.6 Å². The van der Waals surface area contributed by atoms with Gasteiger partial charge in [-0.1, -0.05) is 29.3 Å². The molecule has 5 aromatic rings. The maximum absolute atomic E-state index is 14.5. The highest BCUT2D eigenvalue weighted by molar-refractivity contribution is 7.90. The predicted molar refractivity (Wildman–Crippen MR) is 269 cm³/mol. The molecule has 4 aliphatic heterocycles. The molecule has 6 heterocycles. The fourth-order valence-corrected chi connectivity index (χ4v) is 12.0. The fourth-order valence-electron chi connectivity index (χ4n) is 10.9. The molecule has 1 aliphatic carbocycles. The summed E-state index contributed by atoms with van der Waals surface area (Å²) in [6.07, 6.45) is 9.91. The number of fused-ring (bicyclic) bond motifs is 2. The second-order valence-electron chi connectivity index (χ2n) is 19.4. The van der Waals surface area contributed by atoms with E-state index in [1.54, 1.807) is 12.3 Å². The number of aromatic amines is 1. The summed E-state index contributed by atoms with van der Waals surface area (Å²) in [5, 5.41) is 17.0. The highest BCUT2D eigenvalue weighted by Gasteiger charge is 2.39. The van der Waals surface area contributed by atoms with E-state index in [9.17, 15) is 23.3 Å². The first-order valence-corrected chi connectivity index (χ1v) is 26.1. The van der Waals surface area contributed by atoms with E-state index in [2.05, 4.69) is 48.9 Å². The number of nitro benzene ring substituents is 1. The van der Waals surface area contributed by atoms with Crippen LogP contribution in [0.15, 0.2) is 89.5 Å². The second-order valence-corrected chi connectivity index (χ2v) is 21.5. The topological polar surface area (TPSA) is 179 Å². The molecule has 16 nitrogen and oxygen atoms in total. The van der Waals surface area contributed by atoms with Gasteiger partial charge in [-0.05, 0) is 149 Å². The van der Waals surface area contributed by atoms with Crippen LogP contribution in [0.3, 0.4) is 0 Å². The van der Waals surface area contributed by atoms with Crippen molar-refractivity contribution in [3.8, 4) is 5.88 Å². The Morgan fingerprint density at radius 1 is 0.928 bits per heavy atom. The molecule has 1 amide bonds. The zero-order valence-electron chi connectivity index (χ0n) is 39.1. The molecule has 364 valence electrons. The quantitative estimate of drug-likeness (QED) is 0.0802. The molecule has 10 rings (SSSR count). The number of nitrogens with zero attached hydrogens (tertiary/aromatic N) is 6. The van der Waals surface area contributed by atoms with Crippen molar-refractivity contribution in [3.05, 3.63) is 111 Å². The molecule has 0 atom stereocenters. The molecular formula is C51H60ClN9O7S. The van der Waals surface area contributed by atoms with Crippen molar-refractivity contribution in [2.24, 2.45) is 11.3 Å². The Balaban J connectivity index is 0.916. The van der Waals surface area contributed by atoms with Crippen LogP contribution in [0.25, 0.3) is 16.6 Å². The zero-order valence-corrected chi connectivity index (χ0v) is 40.6. The van der Waals surface area contributed by atoms with Gasteiger partial charge in [0.2, 0.25) is 5.88 Å². The molecule has 1 spiro atoms. The number of anilines is 4. The van der Waals surface area contributed by atoms with Gasteiger partial charge in [-0.3, -0.25) is 19.8 Å². The van der Waals surface area contributed by atoms with Crippen molar-refractivity contribution in [2.45, 2.75) is 56.3 Å². The number of ether oxygens (including phenoxy) is 2. The number of benzene rings is 3. The molecule has 0 unspecified atom stereocenters. The van der Waals surface area contributed by atoms with Crippen LogP contribution in [0.1, 0.15) is 67.3 Å². The molecule has 3 fully saturated rings. The maximum atomic E-state index is 14.5. The summed E-state index contributed by atoms with van der Waals surface area (Å²) in [6, 6.07) is 21.4. The van der Waals surface area contributed by atoms with E-state index < -0.39 is 31.4 Å². The Labute approximate surface area is 408 Å². The lowest BCUT2D eigenvalue weighted by Crippen LogP contribution is -2.48. The van der Waals surface area contributed by atoms with E-state index in [-0.39, 0.29) is 17.2 Å². The van der Waals surface area contributed by atoms with Crippen molar-refractivity contribution in [1.82, 2.24) is 24.5 Å². The van der Waals surface area contributed by atoms with E-state index in [0.717, 1.165) is 93.7 Å². The van der Waals surface area contributed by atoms with Gasteiger partial charge in [-0.15, -0.1) is 0 Å². The molecule has 18 heteroatoms. The number of likely N-dealkylation sites (tertiary alicyclic amines) is 1. The monoisotopic (exact) mass is 977 g/mol. The molecule has 0 bridgehead atoms. The minimum Gasteiger partial charge on any atom is -0.476 e. The standard InChI is InChI=1S/C51H60ClN9O7S/c1-57-20-16-51(17-21-57)15-11-42(36-3-5-39(52)6-4-36)38(32-51)34-58-22-24-59(25-23-58)40-7-9-43(45(30-40)60-19-2-26-68-50-47(60)29-37-12-18-53-48(37)55-50)49(62)56-69(65,66)41-8-10-44(46(31-41)61(63)64)54-33-35-13-27-67-28-14-35/h3-10,12,18,29-31,35,54H,2,11,13-17,19-28,32-34H2,1H3,(H,53,55)(H,56,62). The number of hydrogen-bond acceptors (Lipinski definition) is 13. The number of piperazine rings is 1. The molecule has 69 heavy (non-hydrogen) atoms. The third kappa shape index (κ3) is 10.3. The Hall–Kier alpha value is -5.72. The normalized spacial score (nSPS) is 19.6. The minimum absolute atomic E-state index is 0.119. The third-order valence-electron chi connectivity index (χ3n) is 15.0. The van der Waals surface area contributed by atoms with Crippen LogP contribution in [0.5, 0.6) is 5.88 Å².